The minimum Gasteiger partial charge on any atom is -0.370 e. The van der Waals surface area contributed by atoms with Gasteiger partial charge in [0.05, 0.1) is 6.54 Å². The van der Waals surface area contributed by atoms with E-state index in [2.05, 4.69) is 36.5 Å². The van der Waals surface area contributed by atoms with Crippen LogP contribution in [0.25, 0.3) is 0 Å². The molecule has 0 spiro atoms. The Kier molecular flexibility index (Phi) is 7.22. The van der Waals surface area contributed by atoms with Crippen LogP contribution < -0.4 is 16.4 Å². The highest BCUT2D eigenvalue weighted by Gasteiger charge is 2.02. The molecule has 0 aliphatic heterocycles. The first-order valence-corrected chi connectivity index (χ1v) is 8.42. The summed E-state index contributed by atoms with van der Waals surface area (Å²) >= 11 is 3.35. The lowest BCUT2D eigenvalue weighted by Crippen LogP contribution is -2.33. The number of aliphatic imine (C=N–C) groups is 1. The van der Waals surface area contributed by atoms with Gasteiger partial charge in [-0.2, -0.15) is 0 Å². The summed E-state index contributed by atoms with van der Waals surface area (Å²) in [4.78, 5) is 20.2. The lowest BCUT2D eigenvalue weighted by atomic mass is 10.3. The largest absolute Gasteiger partial charge is 0.370 e. The Morgan fingerprint density at radius 3 is 2.71 bits per heavy atom. The van der Waals surface area contributed by atoms with Crippen LogP contribution in [0, 0.1) is 0 Å². The highest BCUT2D eigenvalue weighted by Crippen LogP contribution is 2.14. The minimum atomic E-state index is -0.0950. The Morgan fingerprint density at radius 1 is 1.21 bits per heavy atom. The van der Waals surface area contributed by atoms with Crippen LogP contribution in [0.4, 0.5) is 5.69 Å². The molecule has 7 heteroatoms. The van der Waals surface area contributed by atoms with E-state index in [0.717, 1.165) is 22.3 Å². The molecule has 1 aromatic carbocycles. The molecule has 1 aromatic heterocycles. The van der Waals surface area contributed by atoms with E-state index >= 15 is 0 Å². The number of aromatic nitrogens is 1. The second-order valence-electron chi connectivity index (χ2n) is 5.07. The van der Waals surface area contributed by atoms with Crippen LogP contribution in [-0.4, -0.2) is 29.9 Å². The van der Waals surface area contributed by atoms with Crippen LogP contribution in [0.5, 0.6) is 0 Å². The summed E-state index contributed by atoms with van der Waals surface area (Å²) in [5.74, 6) is 0.240. The highest BCUT2D eigenvalue weighted by molar-refractivity contribution is 9.10. The van der Waals surface area contributed by atoms with Crippen LogP contribution in [0.1, 0.15) is 12.1 Å². The molecule has 0 saturated heterocycles. The highest BCUT2D eigenvalue weighted by atomic mass is 79.9. The summed E-state index contributed by atoms with van der Waals surface area (Å²) < 4.78 is 0.967. The van der Waals surface area contributed by atoms with Crippen molar-refractivity contribution in [2.45, 2.75) is 12.8 Å². The molecule has 1 amide bonds. The number of hydrogen-bond donors (Lipinski definition) is 3. The number of halogens is 1. The van der Waals surface area contributed by atoms with Crippen LogP contribution >= 0.6 is 15.9 Å². The Balaban J connectivity index is 1.65. The zero-order valence-electron chi connectivity index (χ0n) is 13.2. The van der Waals surface area contributed by atoms with Gasteiger partial charge in [0.1, 0.15) is 0 Å². The summed E-state index contributed by atoms with van der Waals surface area (Å²) in [5, 5.41) is 5.82. The number of benzene rings is 1. The van der Waals surface area contributed by atoms with E-state index in [1.54, 1.807) is 6.20 Å². The van der Waals surface area contributed by atoms with Crippen molar-refractivity contribution in [3.05, 3.63) is 58.8 Å². The van der Waals surface area contributed by atoms with Gasteiger partial charge >= 0.3 is 0 Å². The maximum absolute atomic E-state index is 11.8. The smallest absolute Gasteiger partial charge is 0.226 e. The van der Waals surface area contributed by atoms with E-state index in [1.165, 1.54) is 0 Å². The van der Waals surface area contributed by atoms with E-state index in [-0.39, 0.29) is 12.3 Å². The summed E-state index contributed by atoms with van der Waals surface area (Å²) in [7, 11) is 0. The lowest BCUT2D eigenvalue weighted by molar-refractivity contribution is -0.116. The molecule has 0 unspecified atom stereocenters. The quantitative estimate of drug-likeness (QED) is 0.500. The third kappa shape index (κ3) is 6.78. The molecule has 0 aliphatic carbocycles. The molecule has 6 nitrogen and oxygen atoms in total. The van der Waals surface area contributed by atoms with Crippen molar-refractivity contribution in [1.82, 2.24) is 10.3 Å². The van der Waals surface area contributed by atoms with Crippen LogP contribution in [0.15, 0.2) is 58.1 Å². The lowest BCUT2D eigenvalue weighted by Gasteiger charge is -2.06. The number of carbonyl (C=O) groups excluding carboxylic acids is 1. The molecule has 0 atom stereocenters. The van der Waals surface area contributed by atoms with Gasteiger partial charge in [0.25, 0.3) is 0 Å². The fraction of sp³-hybridized carbons (Fsp3) is 0.235. The number of hydrogen-bond acceptors (Lipinski definition) is 3. The van der Waals surface area contributed by atoms with Crippen molar-refractivity contribution < 1.29 is 4.79 Å². The third-order valence-electron chi connectivity index (χ3n) is 3.16. The normalized spacial score (nSPS) is 11.1. The van der Waals surface area contributed by atoms with E-state index in [1.807, 2.05) is 42.5 Å². The molecular formula is C17H20BrN5O. The molecule has 2 rings (SSSR count). The van der Waals surface area contributed by atoms with Gasteiger partial charge in [-0.05, 0) is 36.4 Å². The molecular weight excluding hydrogens is 370 g/mol. The Labute approximate surface area is 149 Å². The SMILES string of the molecule is NC(=NCCC(=O)Nc1ccc(Br)cc1)NCCc1ccccn1. The first-order chi connectivity index (χ1) is 11.6. The molecule has 0 radical (unpaired) electrons. The monoisotopic (exact) mass is 389 g/mol. The number of pyridine rings is 1. The fourth-order valence-corrected chi connectivity index (χ4v) is 2.22. The maximum atomic E-state index is 11.8. The van der Waals surface area contributed by atoms with E-state index in [4.69, 9.17) is 5.73 Å². The topological polar surface area (TPSA) is 92.4 Å². The first-order valence-electron chi connectivity index (χ1n) is 7.62. The number of nitrogens with one attached hydrogen (secondary N) is 2. The zero-order valence-corrected chi connectivity index (χ0v) is 14.8. The average Bonchev–Trinajstić information content (AvgIpc) is 2.58. The predicted octanol–water partition coefficient (Wildman–Crippen LogP) is 2.32. The number of guanidine groups is 1. The number of nitrogens with two attached hydrogens (primary N) is 1. The van der Waals surface area contributed by atoms with Crippen LogP contribution in [0.2, 0.25) is 0 Å². The Morgan fingerprint density at radius 2 is 2.00 bits per heavy atom. The maximum Gasteiger partial charge on any atom is 0.226 e. The number of nitrogens with zero attached hydrogens (tertiary/aromatic N) is 2. The van der Waals surface area contributed by atoms with Gasteiger partial charge in [0.2, 0.25) is 5.91 Å². The van der Waals surface area contributed by atoms with E-state index in [9.17, 15) is 4.79 Å². The van der Waals surface area contributed by atoms with Gasteiger partial charge in [-0.25, -0.2) is 0 Å². The van der Waals surface area contributed by atoms with Gasteiger partial charge in [0.15, 0.2) is 5.96 Å². The van der Waals surface area contributed by atoms with Crippen molar-refractivity contribution >= 4 is 33.5 Å². The van der Waals surface area contributed by atoms with Gasteiger partial charge in [-0.15, -0.1) is 0 Å². The molecule has 0 fully saturated rings. The molecule has 0 bridgehead atoms. The average molecular weight is 390 g/mol. The zero-order chi connectivity index (χ0) is 17.2. The minimum absolute atomic E-state index is 0.0950. The fourth-order valence-electron chi connectivity index (χ4n) is 1.96. The molecule has 0 aliphatic rings. The van der Waals surface area contributed by atoms with Crippen molar-refractivity contribution in [3.8, 4) is 0 Å². The number of amides is 1. The van der Waals surface area contributed by atoms with E-state index < -0.39 is 0 Å². The van der Waals surface area contributed by atoms with Crippen molar-refractivity contribution in [2.24, 2.45) is 10.7 Å². The number of carbonyl (C=O) groups is 1. The standard InChI is InChI=1S/C17H20BrN5O/c18-13-4-6-15(7-5-13)23-16(24)9-12-22-17(19)21-11-8-14-3-1-2-10-20-14/h1-7,10H,8-9,11-12H2,(H,23,24)(H3,19,21,22). The first kappa shape index (κ1) is 17.9. The summed E-state index contributed by atoms with van der Waals surface area (Å²) in [6, 6.07) is 13.2. The van der Waals surface area contributed by atoms with E-state index in [0.29, 0.717) is 19.0 Å². The predicted molar refractivity (Wildman–Crippen MR) is 99.8 cm³/mol. The Hall–Kier alpha value is -2.41. The van der Waals surface area contributed by atoms with Crippen molar-refractivity contribution in [1.29, 1.82) is 0 Å². The molecule has 1 heterocycles. The molecule has 0 saturated carbocycles. The van der Waals surface area contributed by atoms with Crippen molar-refractivity contribution in [3.63, 3.8) is 0 Å². The van der Waals surface area contributed by atoms with Gasteiger partial charge in [-0.1, -0.05) is 22.0 Å². The van der Waals surface area contributed by atoms with Crippen LogP contribution in [0.3, 0.4) is 0 Å². The second kappa shape index (κ2) is 9.67. The molecule has 4 N–H and O–H groups in total. The Bertz CT molecular complexity index is 673. The van der Waals surface area contributed by atoms with Gasteiger partial charge in [0, 0.05) is 41.4 Å². The molecule has 126 valence electrons. The van der Waals surface area contributed by atoms with Crippen molar-refractivity contribution in [2.75, 3.05) is 18.4 Å². The summed E-state index contributed by atoms with van der Waals surface area (Å²) in [6.07, 6.45) is 2.80. The second-order valence-corrected chi connectivity index (χ2v) is 5.99. The molecule has 2 aromatic rings. The summed E-state index contributed by atoms with van der Waals surface area (Å²) in [6.45, 7) is 0.988. The van der Waals surface area contributed by atoms with Crippen LogP contribution in [-0.2, 0) is 11.2 Å². The third-order valence-corrected chi connectivity index (χ3v) is 3.69. The molecule has 24 heavy (non-hydrogen) atoms. The summed E-state index contributed by atoms with van der Waals surface area (Å²) in [5.41, 5.74) is 7.53. The number of anilines is 1. The van der Waals surface area contributed by atoms with Gasteiger partial charge in [-0.3, -0.25) is 14.8 Å². The van der Waals surface area contributed by atoms with Gasteiger partial charge < -0.3 is 16.4 Å². The number of rotatable bonds is 7.